The zero-order valence-electron chi connectivity index (χ0n) is 8.80. The van der Waals surface area contributed by atoms with Gasteiger partial charge in [0.25, 0.3) is 0 Å². The molecule has 0 radical (unpaired) electrons. The Labute approximate surface area is 92.5 Å². The van der Waals surface area contributed by atoms with Crippen LogP contribution in [0.1, 0.15) is 4.88 Å². The minimum absolute atomic E-state index is 0.676. The van der Waals surface area contributed by atoms with Crippen molar-refractivity contribution in [2.45, 2.75) is 13.5 Å². The quantitative estimate of drug-likeness (QED) is 0.795. The highest BCUT2D eigenvalue weighted by molar-refractivity contribution is 7.15. The van der Waals surface area contributed by atoms with Crippen LogP contribution in [-0.4, -0.2) is 28.5 Å². The molecular weight excluding hydrogens is 210 g/mol. The van der Waals surface area contributed by atoms with Crippen LogP contribution in [0.5, 0.6) is 0 Å². The number of nitrogens with zero attached hydrogens (tertiary/aromatic N) is 3. The summed E-state index contributed by atoms with van der Waals surface area (Å²) in [4.78, 5) is 2.44. The highest BCUT2D eigenvalue weighted by atomic mass is 32.1. The predicted octanol–water partition coefficient (Wildman–Crippen LogP) is 1.96. The molecular formula is C10H13N3OS. The van der Waals surface area contributed by atoms with Crippen LogP contribution in [0.2, 0.25) is 0 Å². The van der Waals surface area contributed by atoms with Crippen molar-refractivity contribution in [3.8, 4) is 10.7 Å². The normalized spacial score (nSPS) is 10.8. The van der Waals surface area contributed by atoms with Gasteiger partial charge in [-0.15, -0.1) is 21.5 Å². The number of ether oxygens (including phenoxy) is 1. The Morgan fingerprint density at radius 2 is 2.33 bits per heavy atom. The van der Waals surface area contributed by atoms with E-state index in [1.54, 1.807) is 24.8 Å². The van der Waals surface area contributed by atoms with Gasteiger partial charge in [0.1, 0.15) is 6.33 Å². The molecule has 2 aromatic heterocycles. The van der Waals surface area contributed by atoms with E-state index in [0.717, 1.165) is 17.2 Å². The molecule has 0 amide bonds. The van der Waals surface area contributed by atoms with Crippen LogP contribution < -0.4 is 0 Å². The standard InChI is InChI=1S/C10H13N3OS/c1-8-3-4-9(15-8)10-12-11-7-13(10)5-6-14-2/h3-4,7H,5-6H2,1-2H3. The minimum Gasteiger partial charge on any atom is -0.383 e. The average molecular weight is 223 g/mol. The molecule has 0 bridgehead atoms. The number of aryl methyl sites for hydroxylation is 1. The molecule has 0 N–H and O–H groups in total. The maximum absolute atomic E-state index is 5.04. The zero-order valence-corrected chi connectivity index (χ0v) is 9.62. The fraction of sp³-hybridized carbons (Fsp3) is 0.400. The Balaban J connectivity index is 2.24. The fourth-order valence-electron chi connectivity index (χ4n) is 1.35. The predicted molar refractivity (Wildman–Crippen MR) is 59.9 cm³/mol. The highest BCUT2D eigenvalue weighted by Crippen LogP contribution is 2.25. The van der Waals surface area contributed by atoms with Crippen LogP contribution in [0.25, 0.3) is 10.7 Å². The summed E-state index contributed by atoms with van der Waals surface area (Å²) in [6.45, 7) is 3.55. The van der Waals surface area contributed by atoms with E-state index in [1.165, 1.54) is 4.88 Å². The molecule has 2 rings (SSSR count). The molecule has 0 saturated heterocycles. The lowest BCUT2D eigenvalue weighted by Crippen LogP contribution is -2.04. The van der Waals surface area contributed by atoms with E-state index in [2.05, 4.69) is 29.3 Å². The number of thiophene rings is 1. The van der Waals surface area contributed by atoms with Crippen molar-refractivity contribution in [3.05, 3.63) is 23.3 Å². The molecule has 0 unspecified atom stereocenters. The molecule has 0 aromatic carbocycles. The first-order valence-electron chi connectivity index (χ1n) is 4.75. The smallest absolute Gasteiger partial charge is 0.173 e. The lowest BCUT2D eigenvalue weighted by molar-refractivity contribution is 0.187. The zero-order chi connectivity index (χ0) is 10.7. The Morgan fingerprint density at radius 1 is 1.47 bits per heavy atom. The summed E-state index contributed by atoms with van der Waals surface area (Å²) >= 11 is 1.73. The summed E-state index contributed by atoms with van der Waals surface area (Å²) in [6, 6.07) is 4.17. The Morgan fingerprint density at radius 3 is 3.00 bits per heavy atom. The molecule has 0 saturated carbocycles. The molecule has 4 nitrogen and oxygen atoms in total. The van der Waals surface area contributed by atoms with Crippen LogP contribution in [0.4, 0.5) is 0 Å². The molecule has 0 aliphatic carbocycles. The highest BCUT2D eigenvalue weighted by Gasteiger charge is 2.08. The van der Waals surface area contributed by atoms with Gasteiger partial charge < -0.3 is 9.30 Å². The second-order valence-electron chi connectivity index (χ2n) is 3.25. The van der Waals surface area contributed by atoms with E-state index in [1.807, 2.05) is 4.57 Å². The summed E-state index contributed by atoms with van der Waals surface area (Å²) in [7, 11) is 1.69. The van der Waals surface area contributed by atoms with Gasteiger partial charge in [0, 0.05) is 18.5 Å². The lowest BCUT2D eigenvalue weighted by atomic mass is 10.4. The molecule has 15 heavy (non-hydrogen) atoms. The number of hydrogen-bond acceptors (Lipinski definition) is 4. The van der Waals surface area contributed by atoms with E-state index < -0.39 is 0 Å². The number of aromatic nitrogens is 3. The van der Waals surface area contributed by atoms with E-state index in [4.69, 9.17) is 4.74 Å². The van der Waals surface area contributed by atoms with Crippen LogP contribution in [-0.2, 0) is 11.3 Å². The summed E-state index contributed by atoms with van der Waals surface area (Å²) in [5.74, 6) is 0.921. The van der Waals surface area contributed by atoms with Crippen molar-refractivity contribution in [1.82, 2.24) is 14.8 Å². The monoisotopic (exact) mass is 223 g/mol. The molecule has 2 aromatic rings. The maximum Gasteiger partial charge on any atom is 0.173 e. The van der Waals surface area contributed by atoms with Crippen LogP contribution >= 0.6 is 11.3 Å². The first kappa shape index (κ1) is 10.3. The first-order chi connectivity index (χ1) is 7.31. The van der Waals surface area contributed by atoms with Gasteiger partial charge in [0.2, 0.25) is 0 Å². The van der Waals surface area contributed by atoms with Gasteiger partial charge in [0.15, 0.2) is 5.82 Å². The van der Waals surface area contributed by atoms with Crippen molar-refractivity contribution in [1.29, 1.82) is 0 Å². The Hall–Kier alpha value is -1.20. The molecule has 80 valence electrons. The van der Waals surface area contributed by atoms with Crippen LogP contribution in [0.3, 0.4) is 0 Å². The largest absolute Gasteiger partial charge is 0.383 e. The van der Waals surface area contributed by atoms with Crippen molar-refractivity contribution >= 4 is 11.3 Å². The summed E-state index contributed by atoms with van der Waals surface area (Å²) in [5, 5.41) is 8.05. The fourth-order valence-corrected chi connectivity index (χ4v) is 2.22. The molecule has 2 heterocycles. The Bertz CT molecular complexity index is 435. The van der Waals surface area contributed by atoms with E-state index in [-0.39, 0.29) is 0 Å². The summed E-state index contributed by atoms with van der Waals surface area (Å²) in [6.07, 6.45) is 1.74. The maximum atomic E-state index is 5.04. The van der Waals surface area contributed by atoms with Crippen LogP contribution in [0.15, 0.2) is 18.5 Å². The number of hydrogen-bond donors (Lipinski definition) is 0. The second-order valence-corrected chi connectivity index (χ2v) is 4.54. The van der Waals surface area contributed by atoms with Crippen molar-refractivity contribution in [3.63, 3.8) is 0 Å². The van der Waals surface area contributed by atoms with E-state index in [9.17, 15) is 0 Å². The van der Waals surface area contributed by atoms with Gasteiger partial charge >= 0.3 is 0 Å². The van der Waals surface area contributed by atoms with Crippen LogP contribution in [0, 0.1) is 6.92 Å². The number of rotatable bonds is 4. The topological polar surface area (TPSA) is 39.9 Å². The summed E-state index contributed by atoms with van der Waals surface area (Å²) in [5.41, 5.74) is 0. The first-order valence-corrected chi connectivity index (χ1v) is 5.56. The molecule has 5 heteroatoms. The van der Waals surface area contributed by atoms with Gasteiger partial charge in [-0.1, -0.05) is 0 Å². The third-order valence-corrected chi connectivity index (χ3v) is 3.11. The SMILES string of the molecule is COCCn1cnnc1-c1ccc(C)s1. The Kier molecular flexibility index (Phi) is 3.13. The van der Waals surface area contributed by atoms with Crippen molar-refractivity contribution in [2.75, 3.05) is 13.7 Å². The third-order valence-electron chi connectivity index (χ3n) is 2.11. The van der Waals surface area contributed by atoms with Gasteiger partial charge in [-0.05, 0) is 19.1 Å². The number of methoxy groups -OCH3 is 1. The summed E-state index contributed by atoms with van der Waals surface area (Å²) < 4.78 is 7.05. The van der Waals surface area contributed by atoms with Gasteiger partial charge in [0.05, 0.1) is 11.5 Å². The lowest BCUT2D eigenvalue weighted by Gasteiger charge is -2.03. The van der Waals surface area contributed by atoms with Gasteiger partial charge in [-0.25, -0.2) is 0 Å². The van der Waals surface area contributed by atoms with Crippen molar-refractivity contribution < 1.29 is 4.74 Å². The van der Waals surface area contributed by atoms with Gasteiger partial charge in [-0.3, -0.25) is 0 Å². The van der Waals surface area contributed by atoms with E-state index >= 15 is 0 Å². The third kappa shape index (κ3) is 2.24. The molecule has 0 aliphatic rings. The average Bonchev–Trinajstić information content (AvgIpc) is 2.82. The van der Waals surface area contributed by atoms with Crippen molar-refractivity contribution in [2.24, 2.45) is 0 Å². The molecule has 0 fully saturated rings. The van der Waals surface area contributed by atoms with E-state index in [0.29, 0.717) is 6.61 Å². The second kappa shape index (κ2) is 4.55. The minimum atomic E-state index is 0.676. The van der Waals surface area contributed by atoms with Gasteiger partial charge in [-0.2, -0.15) is 0 Å². The molecule has 0 spiro atoms. The molecule has 0 atom stereocenters. The molecule has 0 aliphatic heterocycles.